The molecule has 0 amide bonds. The Kier molecular flexibility index (Phi) is 4.61. The van der Waals surface area contributed by atoms with Crippen molar-refractivity contribution >= 4 is 11.6 Å². The Bertz CT molecular complexity index is 289. The molecule has 0 aliphatic heterocycles. The van der Waals surface area contributed by atoms with Gasteiger partial charge in [-0.2, -0.15) is 5.10 Å². The van der Waals surface area contributed by atoms with E-state index in [-0.39, 0.29) is 0 Å². The molecule has 1 heterocycles. The Balaban J connectivity index is 2.71. The first-order valence-corrected chi connectivity index (χ1v) is 5.83. The van der Waals surface area contributed by atoms with Crippen LogP contribution in [0.15, 0.2) is 6.20 Å². The van der Waals surface area contributed by atoms with Crippen molar-refractivity contribution in [2.24, 2.45) is 13.0 Å². The molecular formula is C11H20ClN3. The Morgan fingerprint density at radius 1 is 1.53 bits per heavy atom. The molecule has 1 rings (SSSR count). The van der Waals surface area contributed by atoms with Crippen LogP contribution in [0.4, 0.5) is 0 Å². The molecule has 2 atom stereocenters. The third-order valence-electron chi connectivity index (χ3n) is 2.94. The summed E-state index contributed by atoms with van der Waals surface area (Å²) in [7, 11) is 1.94. The van der Waals surface area contributed by atoms with Gasteiger partial charge in [0.2, 0.25) is 0 Å². The van der Waals surface area contributed by atoms with Crippen LogP contribution in [-0.2, 0) is 7.05 Å². The van der Waals surface area contributed by atoms with Gasteiger partial charge in [0.15, 0.2) is 0 Å². The largest absolute Gasteiger partial charge is 0.317 e. The molecule has 0 saturated heterocycles. The number of rotatable bonds is 5. The molecule has 2 unspecified atom stereocenters. The second kappa shape index (κ2) is 5.52. The fraction of sp³-hybridized carbons (Fsp3) is 0.727. The van der Waals surface area contributed by atoms with E-state index < -0.39 is 0 Å². The van der Waals surface area contributed by atoms with Gasteiger partial charge in [0, 0.05) is 13.0 Å². The lowest BCUT2D eigenvalue weighted by molar-refractivity contribution is 0.434. The van der Waals surface area contributed by atoms with Crippen LogP contribution in [0.3, 0.4) is 0 Å². The maximum Gasteiger partial charge on any atom is 0.0820 e. The van der Waals surface area contributed by atoms with E-state index in [0.717, 1.165) is 23.8 Å². The Hall–Kier alpha value is -0.540. The van der Waals surface area contributed by atoms with Crippen LogP contribution in [0.25, 0.3) is 0 Å². The minimum absolute atomic E-state index is 0.420. The molecule has 0 aromatic carbocycles. The summed E-state index contributed by atoms with van der Waals surface area (Å²) in [4.78, 5) is 0. The minimum Gasteiger partial charge on any atom is -0.317 e. The van der Waals surface area contributed by atoms with Crippen molar-refractivity contribution in [1.29, 1.82) is 0 Å². The summed E-state index contributed by atoms with van der Waals surface area (Å²) in [5.74, 6) is 0.974. The van der Waals surface area contributed by atoms with Crippen LogP contribution in [-0.4, -0.2) is 22.9 Å². The first-order chi connectivity index (χ1) is 7.07. The van der Waals surface area contributed by atoms with E-state index in [1.54, 1.807) is 6.20 Å². The number of hydrogen-bond acceptors (Lipinski definition) is 2. The maximum atomic E-state index is 6.11. The SMILES string of the molecule is CCNCC(C)C(C)c1c(Cl)cnn1C. The van der Waals surface area contributed by atoms with Gasteiger partial charge >= 0.3 is 0 Å². The summed E-state index contributed by atoms with van der Waals surface area (Å²) in [6.45, 7) is 8.57. The topological polar surface area (TPSA) is 29.9 Å². The summed E-state index contributed by atoms with van der Waals surface area (Å²) >= 11 is 6.11. The van der Waals surface area contributed by atoms with E-state index in [1.807, 2.05) is 11.7 Å². The molecule has 0 spiro atoms. The highest BCUT2D eigenvalue weighted by atomic mass is 35.5. The van der Waals surface area contributed by atoms with Crippen LogP contribution in [0.5, 0.6) is 0 Å². The summed E-state index contributed by atoms with van der Waals surface area (Å²) in [5.41, 5.74) is 1.13. The number of hydrogen-bond donors (Lipinski definition) is 1. The van der Waals surface area contributed by atoms with Crippen molar-refractivity contribution in [2.45, 2.75) is 26.7 Å². The molecule has 86 valence electrons. The first-order valence-electron chi connectivity index (χ1n) is 5.46. The van der Waals surface area contributed by atoms with Gasteiger partial charge in [-0.05, 0) is 19.0 Å². The minimum atomic E-state index is 0.420. The van der Waals surface area contributed by atoms with Crippen molar-refractivity contribution < 1.29 is 0 Å². The molecule has 0 radical (unpaired) electrons. The molecule has 4 heteroatoms. The van der Waals surface area contributed by atoms with Crippen LogP contribution < -0.4 is 5.32 Å². The van der Waals surface area contributed by atoms with E-state index >= 15 is 0 Å². The summed E-state index contributed by atoms with van der Waals surface area (Å²) in [5, 5.41) is 8.29. The molecule has 0 aliphatic rings. The number of nitrogens with zero attached hydrogens (tertiary/aromatic N) is 2. The van der Waals surface area contributed by atoms with Crippen LogP contribution >= 0.6 is 11.6 Å². The number of nitrogens with one attached hydrogen (secondary N) is 1. The van der Waals surface area contributed by atoms with Crippen LogP contribution in [0, 0.1) is 5.92 Å². The highest BCUT2D eigenvalue weighted by Crippen LogP contribution is 2.28. The normalized spacial score (nSPS) is 15.3. The quantitative estimate of drug-likeness (QED) is 0.841. The maximum absolute atomic E-state index is 6.11. The number of aryl methyl sites for hydroxylation is 1. The molecule has 0 bridgehead atoms. The Morgan fingerprint density at radius 3 is 2.67 bits per heavy atom. The van der Waals surface area contributed by atoms with Crippen molar-refractivity contribution in [3.8, 4) is 0 Å². The van der Waals surface area contributed by atoms with E-state index in [0.29, 0.717) is 11.8 Å². The van der Waals surface area contributed by atoms with Crippen LogP contribution in [0.2, 0.25) is 5.02 Å². The zero-order chi connectivity index (χ0) is 11.4. The van der Waals surface area contributed by atoms with E-state index in [9.17, 15) is 0 Å². The van der Waals surface area contributed by atoms with Gasteiger partial charge in [0.25, 0.3) is 0 Å². The van der Waals surface area contributed by atoms with E-state index in [1.165, 1.54) is 0 Å². The van der Waals surface area contributed by atoms with Crippen molar-refractivity contribution in [3.63, 3.8) is 0 Å². The summed E-state index contributed by atoms with van der Waals surface area (Å²) in [6.07, 6.45) is 1.72. The van der Waals surface area contributed by atoms with Gasteiger partial charge in [-0.15, -0.1) is 0 Å². The third kappa shape index (κ3) is 2.95. The van der Waals surface area contributed by atoms with Crippen molar-refractivity contribution in [3.05, 3.63) is 16.9 Å². The first kappa shape index (κ1) is 12.5. The predicted octanol–water partition coefficient (Wildman–Crippen LogP) is 2.42. The lowest BCUT2D eigenvalue weighted by Crippen LogP contribution is -2.25. The number of aromatic nitrogens is 2. The smallest absolute Gasteiger partial charge is 0.0820 e. The fourth-order valence-electron chi connectivity index (χ4n) is 1.75. The van der Waals surface area contributed by atoms with Gasteiger partial charge in [-0.3, -0.25) is 4.68 Å². The van der Waals surface area contributed by atoms with Gasteiger partial charge < -0.3 is 5.32 Å². The summed E-state index contributed by atoms with van der Waals surface area (Å²) < 4.78 is 1.87. The van der Waals surface area contributed by atoms with Gasteiger partial charge in [-0.1, -0.05) is 32.4 Å². The average molecular weight is 230 g/mol. The molecule has 3 nitrogen and oxygen atoms in total. The lowest BCUT2D eigenvalue weighted by atomic mass is 9.92. The fourth-order valence-corrected chi connectivity index (χ4v) is 2.09. The molecule has 0 saturated carbocycles. The van der Waals surface area contributed by atoms with Gasteiger partial charge in [0.05, 0.1) is 16.9 Å². The van der Waals surface area contributed by atoms with Crippen molar-refractivity contribution in [2.75, 3.05) is 13.1 Å². The second-order valence-corrected chi connectivity index (χ2v) is 4.48. The standard InChI is InChI=1S/C11H20ClN3/c1-5-13-6-8(2)9(3)11-10(12)7-14-15(11)4/h7-9,13H,5-6H2,1-4H3. The van der Waals surface area contributed by atoms with E-state index in [2.05, 4.69) is 31.2 Å². The Morgan fingerprint density at radius 2 is 2.20 bits per heavy atom. The predicted molar refractivity (Wildman–Crippen MR) is 64.3 cm³/mol. The molecule has 0 aliphatic carbocycles. The molecular weight excluding hydrogens is 210 g/mol. The number of halogens is 1. The summed E-state index contributed by atoms with van der Waals surface area (Å²) in [6, 6.07) is 0. The highest BCUT2D eigenvalue weighted by molar-refractivity contribution is 6.31. The Labute approximate surface area is 96.8 Å². The molecule has 1 aromatic heterocycles. The van der Waals surface area contributed by atoms with E-state index in [4.69, 9.17) is 11.6 Å². The van der Waals surface area contributed by atoms with Gasteiger partial charge in [0.1, 0.15) is 0 Å². The molecule has 0 fully saturated rings. The zero-order valence-electron chi connectivity index (χ0n) is 9.92. The molecule has 15 heavy (non-hydrogen) atoms. The second-order valence-electron chi connectivity index (χ2n) is 4.07. The monoisotopic (exact) mass is 229 g/mol. The lowest BCUT2D eigenvalue weighted by Gasteiger charge is -2.20. The van der Waals surface area contributed by atoms with Crippen molar-refractivity contribution in [1.82, 2.24) is 15.1 Å². The van der Waals surface area contributed by atoms with Gasteiger partial charge in [-0.25, -0.2) is 0 Å². The van der Waals surface area contributed by atoms with Crippen LogP contribution in [0.1, 0.15) is 32.4 Å². The molecule has 1 aromatic rings. The third-order valence-corrected chi connectivity index (χ3v) is 3.23. The highest BCUT2D eigenvalue weighted by Gasteiger charge is 2.20. The average Bonchev–Trinajstić information content (AvgIpc) is 2.54. The zero-order valence-corrected chi connectivity index (χ0v) is 10.7. The molecule has 1 N–H and O–H groups in total.